The number of nitrogens with zero attached hydrogens (tertiary/aromatic N) is 4. The maximum Gasteiger partial charge on any atom is 0.264 e. The van der Waals surface area contributed by atoms with Crippen molar-refractivity contribution in [3.63, 3.8) is 0 Å². The maximum atomic E-state index is 12.4. The summed E-state index contributed by atoms with van der Waals surface area (Å²) in [6.45, 7) is 2.10. The van der Waals surface area contributed by atoms with E-state index in [1.54, 1.807) is 11.7 Å². The first kappa shape index (κ1) is 13.5. The van der Waals surface area contributed by atoms with Gasteiger partial charge in [0.1, 0.15) is 11.7 Å². The summed E-state index contributed by atoms with van der Waals surface area (Å²) < 4.78 is 2.97. The summed E-state index contributed by atoms with van der Waals surface area (Å²) in [5, 5.41) is 14.8. The molecule has 3 rings (SSSR count). The van der Waals surface area contributed by atoms with Crippen LogP contribution in [0.2, 0.25) is 0 Å². The first-order valence-corrected chi connectivity index (χ1v) is 6.68. The van der Waals surface area contributed by atoms with Crippen molar-refractivity contribution in [2.75, 3.05) is 0 Å². The molecule has 0 fully saturated rings. The smallest absolute Gasteiger partial charge is 0.264 e. The number of hydrogen-bond acceptors (Lipinski definition) is 4. The van der Waals surface area contributed by atoms with Crippen LogP contribution in [0.25, 0.3) is 11.0 Å². The highest BCUT2D eigenvalue weighted by atomic mass is 16.3. The molecule has 0 amide bonds. The first-order chi connectivity index (χ1) is 10.1. The molecule has 21 heavy (non-hydrogen) atoms. The third kappa shape index (κ3) is 2.34. The molecule has 0 saturated heterocycles. The number of fused-ring (bicyclic) bond motifs is 1. The lowest BCUT2D eigenvalue weighted by molar-refractivity contribution is 0.154. The number of aliphatic hydroxyl groups is 1. The van der Waals surface area contributed by atoms with Gasteiger partial charge in [0, 0.05) is 7.05 Å². The van der Waals surface area contributed by atoms with Crippen LogP contribution in [0.5, 0.6) is 0 Å². The Bertz CT molecular complexity index is 850. The van der Waals surface area contributed by atoms with Gasteiger partial charge in [0.05, 0.1) is 18.8 Å². The Kier molecular flexibility index (Phi) is 3.31. The van der Waals surface area contributed by atoms with Crippen molar-refractivity contribution in [3.8, 4) is 0 Å². The van der Waals surface area contributed by atoms with Gasteiger partial charge in [0.2, 0.25) is 0 Å². The SMILES string of the molecule is Cc1ccccc1C(O)Cn1cnc2c(cnn2C)c1=O. The molecule has 3 aromatic rings. The monoisotopic (exact) mass is 284 g/mol. The zero-order valence-electron chi connectivity index (χ0n) is 11.9. The third-order valence-corrected chi connectivity index (χ3v) is 3.64. The van der Waals surface area contributed by atoms with Gasteiger partial charge in [-0.25, -0.2) is 4.98 Å². The molecular formula is C15H16N4O2. The average Bonchev–Trinajstić information content (AvgIpc) is 2.84. The van der Waals surface area contributed by atoms with Crippen LogP contribution in [0.15, 0.2) is 41.6 Å². The van der Waals surface area contributed by atoms with Crippen LogP contribution in [0.3, 0.4) is 0 Å². The van der Waals surface area contributed by atoms with Gasteiger partial charge in [-0.15, -0.1) is 0 Å². The van der Waals surface area contributed by atoms with Crippen molar-refractivity contribution in [2.45, 2.75) is 19.6 Å². The fourth-order valence-electron chi connectivity index (χ4n) is 2.44. The number of rotatable bonds is 3. The van der Waals surface area contributed by atoms with Gasteiger partial charge in [-0.05, 0) is 18.1 Å². The second-order valence-electron chi connectivity index (χ2n) is 5.08. The highest BCUT2D eigenvalue weighted by Gasteiger charge is 2.14. The van der Waals surface area contributed by atoms with E-state index in [1.165, 1.54) is 17.1 Å². The fourth-order valence-corrected chi connectivity index (χ4v) is 2.44. The van der Waals surface area contributed by atoms with Gasteiger partial charge in [-0.3, -0.25) is 14.0 Å². The van der Waals surface area contributed by atoms with Crippen LogP contribution in [0, 0.1) is 6.92 Å². The molecule has 108 valence electrons. The Morgan fingerprint density at radius 3 is 2.86 bits per heavy atom. The zero-order valence-corrected chi connectivity index (χ0v) is 11.9. The quantitative estimate of drug-likeness (QED) is 0.783. The van der Waals surface area contributed by atoms with Crippen molar-refractivity contribution in [1.29, 1.82) is 0 Å². The average molecular weight is 284 g/mol. The van der Waals surface area contributed by atoms with Crippen LogP contribution in [0.4, 0.5) is 0 Å². The topological polar surface area (TPSA) is 72.9 Å². The van der Waals surface area contributed by atoms with Crippen molar-refractivity contribution in [1.82, 2.24) is 19.3 Å². The van der Waals surface area contributed by atoms with Crippen LogP contribution in [0.1, 0.15) is 17.2 Å². The molecule has 6 heteroatoms. The number of aromatic nitrogens is 4. The van der Waals surface area contributed by atoms with E-state index in [4.69, 9.17) is 0 Å². The molecule has 2 heterocycles. The summed E-state index contributed by atoms with van der Waals surface area (Å²) in [6, 6.07) is 7.59. The minimum Gasteiger partial charge on any atom is -0.387 e. The van der Waals surface area contributed by atoms with Crippen LogP contribution < -0.4 is 5.56 Å². The van der Waals surface area contributed by atoms with Crippen molar-refractivity contribution >= 4 is 11.0 Å². The molecule has 6 nitrogen and oxygen atoms in total. The van der Waals surface area contributed by atoms with Gasteiger partial charge >= 0.3 is 0 Å². The molecule has 2 aromatic heterocycles. The largest absolute Gasteiger partial charge is 0.387 e. The van der Waals surface area contributed by atoms with E-state index in [0.29, 0.717) is 11.0 Å². The predicted octanol–water partition coefficient (Wildman–Crippen LogP) is 1.17. The molecule has 1 aromatic carbocycles. The molecule has 0 aliphatic carbocycles. The van der Waals surface area contributed by atoms with Gasteiger partial charge in [-0.1, -0.05) is 24.3 Å². The molecule has 0 spiro atoms. The second-order valence-corrected chi connectivity index (χ2v) is 5.08. The summed E-state index contributed by atoms with van der Waals surface area (Å²) in [7, 11) is 1.74. The van der Waals surface area contributed by atoms with Crippen molar-refractivity contribution in [3.05, 3.63) is 58.3 Å². The highest BCUT2D eigenvalue weighted by Crippen LogP contribution is 2.18. The van der Waals surface area contributed by atoms with Gasteiger partial charge in [0.25, 0.3) is 5.56 Å². The molecule has 0 aliphatic rings. The number of aryl methyl sites for hydroxylation is 2. The van der Waals surface area contributed by atoms with E-state index in [-0.39, 0.29) is 12.1 Å². The Labute approximate surface area is 121 Å². The van der Waals surface area contributed by atoms with E-state index in [2.05, 4.69) is 10.1 Å². The normalized spacial score (nSPS) is 12.7. The minimum atomic E-state index is -0.750. The van der Waals surface area contributed by atoms with Crippen LogP contribution >= 0.6 is 0 Å². The van der Waals surface area contributed by atoms with Crippen molar-refractivity contribution < 1.29 is 5.11 Å². The summed E-state index contributed by atoms with van der Waals surface area (Å²) in [4.78, 5) is 16.6. The minimum absolute atomic E-state index is 0.168. The third-order valence-electron chi connectivity index (χ3n) is 3.64. The molecule has 0 bridgehead atoms. The van der Waals surface area contributed by atoms with Crippen LogP contribution in [-0.2, 0) is 13.6 Å². The van der Waals surface area contributed by atoms with E-state index in [0.717, 1.165) is 11.1 Å². The molecule has 0 saturated carbocycles. The number of benzene rings is 1. The Hall–Kier alpha value is -2.47. The van der Waals surface area contributed by atoms with Crippen molar-refractivity contribution in [2.24, 2.45) is 7.05 Å². The lowest BCUT2D eigenvalue weighted by Crippen LogP contribution is -2.24. The molecule has 1 atom stereocenters. The number of aliphatic hydroxyl groups excluding tert-OH is 1. The van der Waals surface area contributed by atoms with Crippen LogP contribution in [-0.4, -0.2) is 24.4 Å². The summed E-state index contributed by atoms with van der Waals surface area (Å²) in [6.07, 6.45) is 2.20. The Morgan fingerprint density at radius 1 is 1.33 bits per heavy atom. The molecule has 1 unspecified atom stereocenters. The van der Waals surface area contributed by atoms with Gasteiger partial charge < -0.3 is 5.11 Å². The Balaban J connectivity index is 1.97. The predicted molar refractivity (Wildman–Crippen MR) is 78.9 cm³/mol. The molecule has 1 N–H and O–H groups in total. The zero-order chi connectivity index (χ0) is 15.0. The molecule has 0 radical (unpaired) electrons. The van der Waals surface area contributed by atoms with Gasteiger partial charge in [0.15, 0.2) is 5.65 Å². The second kappa shape index (κ2) is 5.14. The number of hydrogen-bond donors (Lipinski definition) is 1. The molecule has 0 aliphatic heterocycles. The standard InChI is InChI=1S/C15H16N4O2/c1-10-5-3-4-6-11(10)13(20)8-19-9-16-14-12(15(19)21)7-17-18(14)2/h3-7,9,13,20H,8H2,1-2H3. The fraction of sp³-hybridized carbons (Fsp3) is 0.267. The van der Waals surface area contributed by atoms with E-state index < -0.39 is 6.10 Å². The van der Waals surface area contributed by atoms with E-state index in [1.807, 2.05) is 31.2 Å². The lowest BCUT2D eigenvalue weighted by atomic mass is 10.0. The highest BCUT2D eigenvalue weighted by molar-refractivity contribution is 5.72. The lowest BCUT2D eigenvalue weighted by Gasteiger charge is -2.14. The summed E-state index contributed by atoms with van der Waals surface area (Å²) in [5.41, 5.74) is 2.16. The van der Waals surface area contributed by atoms with E-state index >= 15 is 0 Å². The summed E-state index contributed by atoms with van der Waals surface area (Å²) in [5.74, 6) is 0. The Morgan fingerprint density at radius 2 is 2.10 bits per heavy atom. The molecular weight excluding hydrogens is 268 g/mol. The van der Waals surface area contributed by atoms with E-state index in [9.17, 15) is 9.90 Å². The van der Waals surface area contributed by atoms with Gasteiger partial charge in [-0.2, -0.15) is 5.10 Å². The maximum absolute atomic E-state index is 12.4. The summed E-state index contributed by atoms with van der Waals surface area (Å²) >= 11 is 0. The first-order valence-electron chi connectivity index (χ1n) is 6.68.